The third kappa shape index (κ3) is 10.9. The van der Waals surface area contributed by atoms with Gasteiger partial charge in [0.2, 0.25) is 0 Å². The van der Waals surface area contributed by atoms with Crippen molar-refractivity contribution in [3.8, 4) is 0 Å². The quantitative estimate of drug-likeness (QED) is 0.343. The van der Waals surface area contributed by atoms with E-state index in [1.807, 2.05) is 0 Å². The Labute approximate surface area is 154 Å². The largest absolute Gasteiger partial charge is 0.481 e. The van der Waals surface area contributed by atoms with Crippen LogP contribution in [0.15, 0.2) is 0 Å². The SMILES string of the molecule is CC(C)(CCCCC(O)CCCCC1(CCCO)CC1)CCC(=O)O. The molecule has 0 heterocycles. The summed E-state index contributed by atoms with van der Waals surface area (Å²) in [6.07, 6.45) is 14.0. The lowest BCUT2D eigenvalue weighted by Crippen LogP contribution is -2.14. The van der Waals surface area contributed by atoms with Crippen LogP contribution in [0, 0.1) is 10.8 Å². The molecule has 3 N–H and O–H groups in total. The summed E-state index contributed by atoms with van der Waals surface area (Å²) in [7, 11) is 0. The minimum absolute atomic E-state index is 0.0799. The molecular formula is C21H40O4. The zero-order valence-corrected chi connectivity index (χ0v) is 16.4. The molecule has 1 rings (SSSR count). The van der Waals surface area contributed by atoms with Crippen LogP contribution < -0.4 is 0 Å². The first-order chi connectivity index (χ1) is 11.8. The molecule has 0 aliphatic heterocycles. The van der Waals surface area contributed by atoms with Crippen LogP contribution in [0.2, 0.25) is 0 Å². The molecule has 0 spiro atoms. The molecule has 1 atom stereocenters. The summed E-state index contributed by atoms with van der Waals surface area (Å²) in [5, 5.41) is 27.9. The maximum Gasteiger partial charge on any atom is 0.303 e. The number of carboxylic acid groups (broad SMARTS) is 1. The van der Waals surface area contributed by atoms with Gasteiger partial charge in [-0.15, -0.1) is 0 Å². The van der Waals surface area contributed by atoms with Crippen LogP contribution in [0.4, 0.5) is 0 Å². The number of unbranched alkanes of at least 4 members (excludes halogenated alkanes) is 2. The number of hydrogen-bond acceptors (Lipinski definition) is 3. The van der Waals surface area contributed by atoms with Crippen LogP contribution in [0.25, 0.3) is 0 Å². The number of aliphatic hydroxyl groups is 2. The zero-order chi connectivity index (χ0) is 18.8. The van der Waals surface area contributed by atoms with E-state index in [4.69, 9.17) is 10.2 Å². The molecule has 1 aliphatic carbocycles. The van der Waals surface area contributed by atoms with E-state index in [-0.39, 0.29) is 17.9 Å². The van der Waals surface area contributed by atoms with Crippen molar-refractivity contribution in [3.63, 3.8) is 0 Å². The Kier molecular flexibility index (Phi) is 10.0. The molecule has 4 heteroatoms. The Bertz CT molecular complexity index is 374. The molecule has 0 aromatic carbocycles. The van der Waals surface area contributed by atoms with Crippen molar-refractivity contribution in [1.29, 1.82) is 0 Å². The van der Waals surface area contributed by atoms with Crippen molar-refractivity contribution in [1.82, 2.24) is 0 Å². The van der Waals surface area contributed by atoms with Crippen molar-refractivity contribution >= 4 is 5.97 Å². The van der Waals surface area contributed by atoms with Gasteiger partial charge in [0.25, 0.3) is 0 Å². The highest BCUT2D eigenvalue weighted by Gasteiger charge is 2.40. The van der Waals surface area contributed by atoms with Crippen LogP contribution >= 0.6 is 0 Å². The predicted octanol–water partition coefficient (Wildman–Crippen LogP) is 4.91. The van der Waals surface area contributed by atoms with Gasteiger partial charge < -0.3 is 15.3 Å². The van der Waals surface area contributed by atoms with E-state index in [0.717, 1.165) is 51.4 Å². The number of carbonyl (C=O) groups is 1. The van der Waals surface area contributed by atoms with Crippen LogP contribution in [0.1, 0.15) is 104 Å². The fourth-order valence-corrected chi connectivity index (χ4v) is 3.83. The lowest BCUT2D eigenvalue weighted by molar-refractivity contribution is -0.137. The van der Waals surface area contributed by atoms with Gasteiger partial charge in [0, 0.05) is 13.0 Å². The second kappa shape index (κ2) is 11.2. The van der Waals surface area contributed by atoms with Crippen molar-refractivity contribution in [3.05, 3.63) is 0 Å². The van der Waals surface area contributed by atoms with Crippen LogP contribution in [-0.4, -0.2) is 34.0 Å². The van der Waals surface area contributed by atoms with E-state index in [9.17, 15) is 9.90 Å². The number of carboxylic acids is 1. The molecule has 0 radical (unpaired) electrons. The average molecular weight is 357 g/mol. The van der Waals surface area contributed by atoms with Gasteiger partial charge in [0.05, 0.1) is 6.10 Å². The lowest BCUT2D eigenvalue weighted by atomic mass is 9.82. The van der Waals surface area contributed by atoms with Gasteiger partial charge in [-0.1, -0.05) is 39.5 Å². The zero-order valence-electron chi connectivity index (χ0n) is 16.4. The Morgan fingerprint density at radius 2 is 1.60 bits per heavy atom. The first kappa shape index (κ1) is 22.4. The number of aliphatic hydroxyl groups excluding tert-OH is 2. The molecule has 0 bridgehead atoms. The van der Waals surface area contributed by atoms with Crippen molar-refractivity contribution in [2.45, 2.75) is 110 Å². The van der Waals surface area contributed by atoms with E-state index in [1.165, 1.54) is 32.1 Å². The van der Waals surface area contributed by atoms with Crippen LogP contribution in [0.5, 0.6) is 0 Å². The third-order valence-electron chi connectivity index (χ3n) is 5.97. The molecule has 0 aromatic heterocycles. The molecule has 1 unspecified atom stereocenters. The van der Waals surface area contributed by atoms with E-state index < -0.39 is 5.97 Å². The fraction of sp³-hybridized carbons (Fsp3) is 0.952. The minimum Gasteiger partial charge on any atom is -0.481 e. The molecule has 148 valence electrons. The third-order valence-corrected chi connectivity index (χ3v) is 5.97. The highest BCUT2D eigenvalue weighted by atomic mass is 16.4. The van der Waals surface area contributed by atoms with E-state index in [1.54, 1.807) is 0 Å². The first-order valence-corrected chi connectivity index (χ1v) is 10.3. The maximum atomic E-state index is 10.7. The molecule has 1 fully saturated rings. The Balaban J connectivity index is 2.00. The van der Waals surface area contributed by atoms with Crippen LogP contribution in [-0.2, 0) is 4.79 Å². The highest BCUT2D eigenvalue weighted by Crippen LogP contribution is 2.53. The average Bonchev–Trinajstić information content (AvgIpc) is 3.32. The Hall–Kier alpha value is -0.610. The summed E-state index contributed by atoms with van der Waals surface area (Å²) in [5.41, 5.74) is 0.617. The molecule has 25 heavy (non-hydrogen) atoms. The monoisotopic (exact) mass is 356 g/mol. The summed E-state index contributed by atoms with van der Waals surface area (Å²) in [5.74, 6) is -0.715. The highest BCUT2D eigenvalue weighted by molar-refractivity contribution is 5.66. The summed E-state index contributed by atoms with van der Waals surface area (Å²) in [4.78, 5) is 10.7. The van der Waals surface area contributed by atoms with Gasteiger partial charge in [-0.2, -0.15) is 0 Å². The van der Waals surface area contributed by atoms with E-state index >= 15 is 0 Å². The molecule has 4 nitrogen and oxygen atoms in total. The lowest BCUT2D eigenvalue weighted by Gasteiger charge is -2.24. The Morgan fingerprint density at radius 1 is 1.00 bits per heavy atom. The van der Waals surface area contributed by atoms with Crippen molar-refractivity contribution in [2.24, 2.45) is 10.8 Å². The maximum absolute atomic E-state index is 10.7. The molecule has 0 amide bonds. The fourth-order valence-electron chi connectivity index (χ4n) is 3.83. The minimum atomic E-state index is -0.715. The van der Waals surface area contributed by atoms with Gasteiger partial charge in [-0.25, -0.2) is 0 Å². The van der Waals surface area contributed by atoms with Crippen LogP contribution in [0.3, 0.4) is 0 Å². The van der Waals surface area contributed by atoms with Crippen molar-refractivity contribution < 1.29 is 20.1 Å². The van der Waals surface area contributed by atoms with E-state index in [0.29, 0.717) is 12.0 Å². The predicted molar refractivity (Wildman–Crippen MR) is 102 cm³/mol. The second-order valence-electron chi connectivity index (χ2n) is 9.03. The Morgan fingerprint density at radius 3 is 2.16 bits per heavy atom. The molecule has 0 saturated heterocycles. The van der Waals surface area contributed by atoms with Gasteiger partial charge in [0.15, 0.2) is 0 Å². The summed E-state index contributed by atoms with van der Waals surface area (Å²) >= 11 is 0. The molecule has 1 aliphatic rings. The van der Waals surface area contributed by atoms with Gasteiger partial charge in [0.1, 0.15) is 0 Å². The summed E-state index contributed by atoms with van der Waals surface area (Å²) in [6.45, 7) is 4.58. The topological polar surface area (TPSA) is 77.8 Å². The van der Waals surface area contributed by atoms with Gasteiger partial charge in [-0.3, -0.25) is 4.79 Å². The number of hydrogen-bond donors (Lipinski definition) is 3. The van der Waals surface area contributed by atoms with Gasteiger partial charge in [-0.05, 0) is 68.6 Å². The first-order valence-electron chi connectivity index (χ1n) is 10.3. The molecule has 1 saturated carbocycles. The molecule has 0 aromatic rings. The normalized spacial score (nSPS) is 17.4. The smallest absolute Gasteiger partial charge is 0.303 e. The second-order valence-corrected chi connectivity index (χ2v) is 9.03. The number of aliphatic carboxylic acids is 1. The summed E-state index contributed by atoms with van der Waals surface area (Å²) in [6, 6.07) is 0. The standard InChI is InChI=1S/C21H40O4/c1-20(2,14-10-19(24)25)11-5-3-8-18(23)9-4-6-12-21(15-16-21)13-7-17-22/h18,22-23H,3-17H2,1-2H3,(H,24,25). The number of rotatable bonds is 16. The van der Waals surface area contributed by atoms with E-state index in [2.05, 4.69) is 13.8 Å². The van der Waals surface area contributed by atoms with Crippen molar-refractivity contribution in [2.75, 3.05) is 6.61 Å². The van der Waals surface area contributed by atoms with Gasteiger partial charge >= 0.3 is 5.97 Å². The molecular weight excluding hydrogens is 316 g/mol. The summed E-state index contributed by atoms with van der Waals surface area (Å²) < 4.78 is 0.